The zero-order valence-electron chi connectivity index (χ0n) is 15.8. The van der Waals surface area contributed by atoms with Gasteiger partial charge in [0.2, 0.25) is 17.8 Å². The summed E-state index contributed by atoms with van der Waals surface area (Å²) in [5.74, 6) is 2.55. The van der Waals surface area contributed by atoms with E-state index in [1.165, 1.54) is 0 Å². The van der Waals surface area contributed by atoms with Crippen molar-refractivity contribution in [2.45, 2.75) is 0 Å². The molecular formula is C18H25ClN6O3. The molecule has 10 heteroatoms. The van der Waals surface area contributed by atoms with Gasteiger partial charge in [-0.3, -0.25) is 0 Å². The molecule has 9 nitrogen and oxygen atoms in total. The van der Waals surface area contributed by atoms with Gasteiger partial charge >= 0.3 is 0 Å². The molecule has 0 bridgehead atoms. The van der Waals surface area contributed by atoms with Crippen molar-refractivity contribution in [1.82, 2.24) is 15.0 Å². The maximum atomic E-state index is 5.45. The van der Waals surface area contributed by atoms with Gasteiger partial charge in [0.05, 0.1) is 39.2 Å². The third kappa shape index (κ3) is 4.73. The fourth-order valence-electron chi connectivity index (χ4n) is 3.09. The molecule has 152 valence electrons. The number of nitrogens with one attached hydrogen (secondary N) is 1. The van der Waals surface area contributed by atoms with E-state index < -0.39 is 0 Å². The van der Waals surface area contributed by atoms with Crippen LogP contribution in [-0.4, -0.2) is 74.7 Å². The molecule has 1 N–H and O–H groups in total. The molecule has 0 aliphatic carbocycles. The van der Waals surface area contributed by atoms with Crippen molar-refractivity contribution in [2.24, 2.45) is 0 Å². The predicted molar refractivity (Wildman–Crippen MR) is 109 cm³/mol. The first kappa shape index (κ1) is 20.4. The second-order valence-corrected chi connectivity index (χ2v) is 6.28. The molecule has 0 unspecified atom stereocenters. The van der Waals surface area contributed by atoms with Crippen LogP contribution in [0.25, 0.3) is 0 Å². The van der Waals surface area contributed by atoms with Gasteiger partial charge in [0.1, 0.15) is 5.75 Å². The SMILES string of the molecule is COc1ccccc1Nc1nc(N2CCOCC2)nc(N2CCOCC2)n1.Cl. The van der Waals surface area contributed by atoms with Gasteiger partial charge in [-0.15, -0.1) is 12.4 Å². The summed E-state index contributed by atoms with van der Waals surface area (Å²) >= 11 is 0. The van der Waals surface area contributed by atoms with Crippen molar-refractivity contribution in [3.8, 4) is 5.75 Å². The van der Waals surface area contributed by atoms with Gasteiger partial charge in [-0.05, 0) is 12.1 Å². The fourth-order valence-corrected chi connectivity index (χ4v) is 3.09. The molecule has 2 aromatic rings. The molecule has 0 spiro atoms. The van der Waals surface area contributed by atoms with Gasteiger partial charge in [-0.2, -0.15) is 15.0 Å². The molecule has 4 rings (SSSR count). The lowest BCUT2D eigenvalue weighted by Gasteiger charge is -2.30. The quantitative estimate of drug-likeness (QED) is 0.794. The molecule has 1 aromatic heterocycles. The first-order chi connectivity index (χ1) is 13.3. The van der Waals surface area contributed by atoms with Gasteiger partial charge < -0.3 is 29.3 Å². The van der Waals surface area contributed by atoms with Crippen molar-refractivity contribution >= 4 is 35.9 Å². The highest BCUT2D eigenvalue weighted by Gasteiger charge is 2.21. The summed E-state index contributed by atoms with van der Waals surface area (Å²) in [6.07, 6.45) is 0. The number of halogens is 1. The van der Waals surface area contributed by atoms with E-state index in [-0.39, 0.29) is 12.4 Å². The zero-order chi connectivity index (χ0) is 18.5. The molecule has 2 aliphatic rings. The third-order valence-electron chi connectivity index (χ3n) is 4.55. The molecule has 0 atom stereocenters. The van der Waals surface area contributed by atoms with Crippen LogP contribution >= 0.6 is 12.4 Å². The molecular weight excluding hydrogens is 384 g/mol. The number of morpholine rings is 2. The molecule has 0 amide bonds. The monoisotopic (exact) mass is 408 g/mol. The highest BCUT2D eigenvalue weighted by Crippen LogP contribution is 2.27. The van der Waals surface area contributed by atoms with E-state index in [1.54, 1.807) is 7.11 Å². The number of aromatic nitrogens is 3. The lowest BCUT2D eigenvalue weighted by molar-refractivity contribution is 0.121. The van der Waals surface area contributed by atoms with Crippen LogP contribution in [0.2, 0.25) is 0 Å². The molecule has 2 aliphatic heterocycles. The summed E-state index contributed by atoms with van der Waals surface area (Å²) in [7, 11) is 1.65. The summed E-state index contributed by atoms with van der Waals surface area (Å²) < 4.78 is 16.3. The van der Waals surface area contributed by atoms with Gasteiger partial charge in [0.25, 0.3) is 0 Å². The minimum Gasteiger partial charge on any atom is -0.495 e. The van der Waals surface area contributed by atoms with Crippen molar-refractivity contribution in [3.05, 3.63) is 24.3 Å². The van der Waals surface area contributed by atoms with Gasteiger partial charge in [0, 0.05) is 26.2 Å². The van der Waals surface area contributed by atoms with Crippen molar-refractivity contribution in [1.29, 1.82) is 0 Å². The van der Waals surface area contributed by atoms with Gasteiger partial charge in [-0.1, -0.05) is 12.1 Å². The van der Waals surface area contributed by atoms with Crippen LogP contribution in [0, 0.1) is 0 Å². The Bertz CT molecular complexity index is 732. The average molecular weight is 409 g/mol. The first-order valence-corrected chi connectivity index (χ1v) is 9.15. The lowest BCUT2D eigenvalue weighted by Crippen LogP contribution is -2.40. The van der Waals surface area contributed by atoms with E-state index in [2.05, 4.69) is 25.1 Å². The first-order valence-electron chi connectivity index (χ1n) is 9.15. The van der Waals surface area contributed by atoms with Crippen LogP contribution in [0.15, 0.2) is 24.3 Å². The fraction of sp³-hybridized carbons (Fsp3) is 0.500. The number of methoxy groups -OCH3 is 1. The number of hydrogen-bond donors (Lipinski definition) is 1. The molecule has 3 heterocycles. The molecule has 0 saturated carbocycles. The van der Waals surface area contributed by atoms with Crippen LogP contribution in [0.4, 0.5) is 23.5 Å². The number of benzene rings is 1. The number of rotatable bonds is 5. The van der Waals surface area contributed by atoms with E-state index in [1.807, 2.05) is 24.3 Å². The Hall–Kier alpha value is -2.36. The highest BCUT2D eigenvalue weighted by molar-refractivity contribution is 5.85. The normalized spacial score (nSPS) is 17.0. The van der Waals surface area contributed by atoms with Crippen LogP contribution in [-0.2, 0) is 9.47 Å². The van der Waals surface area contributed by atoms with Gasteiger partial charge in [-0.25, -0.2) is 0 Å². The van der Waals surface area contributed by atoms with Crippen LogP contribution in [0.3, 0.4) is 0 Å². The number of nitrogens with zero attached hydrogens (tertiary/aromatic N) is 5. The summed E-state index contributed by atoms with van der Waals surface area (Å²) in [6.45, 7) is 5.76. The Kier molecular flexibility index (Phi) is 7.07. The smallest absolute Gasteiger partial charge is 0.233 e. The zero-order valence-corrected chi connectivity index (χ0v) is 16.7. The summed E-state index contributed by atoms with van der Waals surface area (Å²) in [5, 5.41) is 3.28. The summed E-state index contributed by atoms with van der Waals surface area (Å²) in [5.41, 5.74) is 0.812. The minimum atomic E-state index is 0. The minimum absolute atomic E-state index is 0. The van der Waals surface area contributed by atoms with E-state index in [0.717, 1.165) is 37.6 Å². The van der Waals surface area contributed by atoms with E-state index in [4.69, 9.17) is 19.2 Å². The molecule has 2 saturated heterocycles. The number of anilines is 4. The third-order valence-corrected chi connectivity index (χ3v) is 4.55. The Morgan fingerprint density at radius 1 is 0.857 bits per heavy atom. The Labute approximate surface area is 170 Å². The summed E-state index contributed by atoms with van der Waals surface area (Å²) in [4.78, 5) is 18.3. The lowest BCUT2D eigenvalue weighted by atomic mass is 10.3. The van der Waals surface area contributed by atoms with E-state index in [0.29, 0.717) is 44.3 Å². The maximum absolute atomic E-state index is 5.45. The molecule has 2 fully saturated rings. The standard InChI is InChI=1S/C18H24N6O3.ClH/c1-25-15-5-3-2-4-14(15)19-16-20-17(23-6-10-26-11-7-23)22-18(21-16)24-8-12-27-13-9-24;/h2-5H,6-13H2,1H3,(H,19,20,21,22);1H. The number of hydrogen-bond acceptors (Lipinski definition) is 9. The van der Waals surface area contributed by atoms with Crippen molar-refractivity contribution in [2.75, 3.05) is 74.8 Å². The van der Waals surface area contributed by atoms with Crippen molar-refractivity contribution < 1.29 is 14.2 Å². The Balaban J connectivity index is 0.00000225. The largest absolute Gasteiger partial charge is 0.495 e. The molecule has 1 aromatic carbocycles. The topological polar surface area (TPSA) is 84.9 Å². The highest BCUT2D eigenvalue weighted by atomic mass is 35.5. The maximum Gasteiger partial charge on any atom is 0.233 e. The van der Waals surface area contributed by atoms with E-state index in [9.17, 15) is 0 Å². The average Bonchev–Trinajstić information content (AvgIpc) is 2.75. The second kappa shape index (κ2) is 9.72. The Morgan fingerprint density at radius 3 is 1.93 bits per heavy atom. The predicted octanol–water partition coefficient (Wildman–Crippen LogP) is 1.72. The second-order valence-electron chi connectivity index (χ2n) is 6.28. The summed E-state index contributed by atoms with van der Waals surface area (Å²) in [6, 6.07) is 7.70. The van der Waals surface area contributed by atoms with E-state index >= 15 is 0 Å². The van der Waals surface area contributed by atoms with Crippen LogP contribution in [0.1, 0.15) is 0 Å². The van der Waals surface area contributed by atoms with Gasteiger partial charge in [0.15, 0.2) is 0 Å². The molecule has 0 radical (unpaired) electrons. The number of para-hydroxylation sites is 2. The van der Waals surface area contributed by atoms with Crippen LogP contribution < -0.4 is 19.9 Å². The molecule has 28 heavy (non-hydrogen) atoms. The Morgan fingerprint density at radius 2 is 1.39 bits per heavy atom. The van der Waals surface area contributed by atoms with Crippen LogP contribution in [0.5, 0.6) is 5.75 Å². The number of ether oxygens (including phenoxy) is 3. The van der Waals surface area contributed by atoms with Crippen molar-refractivity contribution in [3.63, 3.8) is 0 Å².